The maximum atomic E-state index is 5.72. The molecule has 1 atom stereocenters. The first-order valence-corrected chi connectivity index (χ1v) is 5.50. The molecule has 0 aliphatic carbocycles. The van der Waals surface area contributed by atoms with E-state index in [-0.39, 0.29) is 6.04 Å². The summed E-state index contributed by atoms with van der Waals surface area (Å²) in [6.45, 7) is 0.728. The van der Waals surface area contributed by atoms with E-state index in [9.17, 15) is 0 Å². The predicted octanol–water partition coefficient (Wildman–Crippen LogP) is 2.10. The molecule has 0 fully saturated rings. The van der Waals surface area contributed by atoms with E-state index in [1.807, 2.05) is 30.3 Å². The van der Waals surface area contributed by atoms with E-state index in [2.05, 4.69) is 12.6 Å². The van der Waals surface area contributed by atoms with Gasteiger partial charge in [-0.25, -0.2) is 0 Å². The molecule has 0 aromatic heterocycles. The predicted molar refractivity (Wildman–Crippen MR) is 63.0 cm³/mol. The number of thiol groups is 1. The minimum absolute atomic E-state index is 0.192. The average Bonchev–Trinajstić information content (AvgIpc) is 2.25. The smallest absolute Gasteiger partial charge is 0.119 e. The molecule has 1 aromatic rings. The van der Waals surface area contributed by atoms with Crippen molar-refractivity contribution in [1.29, 1.82) is 0 Å². The van der Waals surface area contributed by atoms with E-state index in [4.69, 9.17) is 10.5 Å². The first-order valence-electron chi connectivity index (χ1n) is 4.87. The van der Waals surface area contributed by atoms with Crippen LogP contribution in [0.4, 0.5) is 0 Å². The summed E-state index contributed by atoms with van der Waals surface area (Å²) in [5.41, 5.74) is 5.72. The van der Waals surface area contributed by atoms with Crippen LogP contribution in [0, 0.1) is 0 Å². The Bertz CT molecular complexity index is 240. The Labute approximate surface area is 90.9 Å². The van der Waals surface area contributed by atoms with Gasteiger partial charge in [-0.2, -0.15) is 12.6 Å². The van der Waals surface area contributed by atoms with Crippen molar-refractivity contribution in [2.24, 2.45) is 5.73 Å². The molecule has 0 radical (unpaired) electrons. The number of benzene rings is 1. The second kappa shape index (κ2) is 6.74. The fourth-order valence-electron chi connectivity index (χ4n) is 1.14. The molecule has 0 aliphatic rings. The Morgan fingerprint density at radius 2 is 2.00 bits per heavy atom. The largest absolute Gasteiger partial charge is 0.494 e. The van der Waals surface area contributed by atoms with Gasteiger partial charge in [-0.05, 0) is 25.0 Å². The van der Waals surface area contributed by atoms with Gasteiger partial charge in [0.25, 0.3) is 0 Å². The number of hydrogen-bond donors (Lipinski definition) is 2. The highest BCUT2D eigenvalue weighted by molar-refractivity contribution is 7.80. The first kappa shape index (κ1) is 11.4. The van der Waals surface area contributed by atoms with E-state index in [1.165, 1.54) is 0 Å². The number of para-hydroxylation sites is 1. The standard InChI is InChI=1S/C11H17NOS/c12-10(9-14)5-4-8-13-11-6-2-1-3-7-11/h1-3,6-7,10,14H,4-5,8-9,12H2/t10-/m0/s1. The summed E-state index contributed by atoms with van der Waals surface area (Å²) in [4.78, 5) is 0. The highest BCUT2D eigenvalue weighted by Crippen LogP contribution is 2.09. The molecule has 2 nitrogen and oxygen atoms in total. The van der Waals surface area contributed by atoms with Crippen molar-refractivity contribution in [2.45, 2.75) is 18.9 Å². The lowest BCUT2D eigenvalue weighted by Crippen LogP contribution is -2.22. The average molecular weight is 211 g/mol. The molecule has 2 N–H and O–H groups in total. The molecule has 0 amide bonds. The van der Waals surface area contributed by atoms with Crippen LogP contribution in [0.5, 0.6) is 5.75 Å². The van der Waals surface area contributed by atoms with Crippen LogP contribution in [0.15, 0.2) is 30.3 Å². The zero-order valence-corrected chi connectivity index (χ0v) is 9.12. The van der Waals surface area contributed by atoms with Crippen molar-refractivity contribution in [1.82, 2.24) is 0 Å². The number of ether oxygens (including phenoxy) is 1. The molecular formula is C11H17NOS. The van der Waals surface area contributed by atoms with Gasteiger partial charge in [0, 0.05) is 11.8 Å². The van der Waals surface area contributed by atoms with Crippen LogP contribution in [0.3, 0.4) is 0 Å². The van der Waals surface area contributed by atoms with Crippen LogP contribution in [0.2, 0.25) is 0 Å². The Morgan fingerprint density at radius 3 is 2.64 bits per heavy atom. The molecule has 1 aromatic carbocycles. The molecule has 0 saturated heterocycles. The van der Waals surface area contributed by atoms with Crippen LogP contribution < -0.4 is 10.5 Å². The summed E-state index contributed by atoms with van der Waals surface area (Å²) >= 11 is 4.12. The van der Waals surface area contributed by atoms with Gasteiger partial charge in [0.15, 0.2) is 0 Å². The van der Waals surface area contributed by atoms with Crippen LogP contribution in [0.25, 0.3) is 0 Å². The molecule has 0 bridgehead atoms. The third-order valence-electron chi connectivity index (χ3n) is 1.97. The van der Waals surface area contributed by atoms with Crippen LogP contribution in [-0.2, 0) is 0 Å². The van der Waals surface area contributed by atoms with E-state index in [0.29, 0.717) is 0 Å². The molecule has 14 heavy (non-hydrogen) atoms. The zero-order chi connectivity index (χ0) is 10.2. The minimum Gasteiger partial charge on any atom is -0.494 e. The minimum atomic E-state index is 0.192. The van der Waals surface area contributed by atoms with Crippen molar-refractivity contribution in [2.75, 3.05) is 12.4 Å². The van der Waals surface area contributed by atoms with E-state index >= 15 is 0 Å². The fraction of sp³-hybridized carbons (Fsp3) is 0.455. The Hall–Kier alpha value is -0.670. The fourth-order valence-corrected chi connectivity index (χ4v) is 1.33. The SMILES string of the molecule is N[C@H](CS)CCCOc1ccccc1. The quantitative estimate of drug-likeness (QED) is 0.558. The van der Waals surface area contributed by atoms with Crippen LogP contribution in [0.1, 0.15) is 12.8 Å². The first-order chi connectivity index (χ1) is 6.83. The van der Waals surface area contributed by atoms with Crippen molar-refractivity contribution in [3.63, 3.8) is 0 Å². The summed E-state index contributed by atoms with van der Waals surface area (Å²) < 4.78 is 5.52. The van der Waals surface area contributed by atoms with E-state index in [1.54, 1.807) is 0 Å². The third-order valence-corrected chi connectivity index (χ3v) is 2.43. The Balaban J connectivity index is 2.10. The lowest BCUT2D eigenvalue weighted by atomic mass is 10.2. The van der Waals surface area contributed by atoms with E-state index in [0.717, 1.165) is 31.0 Å². The summed E-state index contributed by atoms with van der Waals surface area (Å²) in [5.74, 6) is 1.66. The monoisotopic (exact) mass is 211 g/mol. The summed E-state index contributed by atoms with van der Waals surface area (Å²) in [6.07, 6.45) is 1.95. The topological polar surface area (TPSA) is 35.2 Å². The Kier molecular flexibility index (Phi) is 5.49. The van der Waals surface area contributed by atoms with Crippen molar-refractivity contribution in [3.05, 3.63) is 30.3 Å². The number of nitrogens with two attached hydrogens (primary N) is 1. The molecule has 1 rings (SSSR count). The number of hydrogen-bond acceptors (Lipinski definition) is 3. The highest BCUT2D eigenvalue weighted by Gasteiger charge is 1.99. The van der Waals surface area contributed by atoms with Gasteiger partial charge in [-0.1, -0.05) is 18.2 Å². The van der Waals surface area contributed by atoms with Gasteiger partial charge in [0.2, 0.25) is 0 Å². The van der Waals surface area contributed by atoms with Crippen molar-refractivity contribution >= 4 is 12.6 Å². The van der Waals surface area contributed by atoms with Gasteiger partial charge in [0.1, 0.15) is 5.75 Å². The van der Waals surface area contributed by atoms with Gasteiger partial charge in [-0.3, -0.25) is 0 Å². The zero-order valence-electron chi connectivity index (χ0n) is 8.23. The molecule has 0 spiro atoms. The molecule has 0 heterocycles. The second-order valence-corrected chi connectivity index (χ2v) is 3.61. The van der Waals surface area contributed by atoms with Crippen LogP contribution in [-0.4, -0.2) is 18.4 Å². The van der Waals surface area contributed by atoms with Crippen LogP contribution >= 0.6 is 12.6 Å². The molecule has 0 aliphatic heterocycles. The van der Waals surface area contributed by atoms with Gasteiger partial charge in [-0.15, -0.1) is 0 Å². The molecule has 78 valence electrons. The normalized spacial score (nSPS) is 12.4. The van der Waals surface area contributed by atoms with Crippen molar-refractivity contribution in [3.8, 4) is 5.75 Å². The summed E-state index contributed by atoms with van der Waals surface area (Å²) in [6, 6.07) is 10.0. The lowest BCUT2D eigenvalue weighted by Gasteiger charge is -2.08. The Morgan fingerprint density at radius 1 is 1.29 bits per heavy atom. The van der Waals surface area contributed by atoms with Gasteiger partial charge < -0.3 is 10.5 Å². The van der Waals surface area contributed by atoms with Gasteiger partial charge in [0.05, 0.1) is 6.61 Å². The maximum absolute atomic E-state index is 5.72. The van der Waals surface area contributed by atoms with Crippen molar-refractivity contribution < 1.29 is 4.74 Å². The molecular weight excluding hydrogens is 194 g/mol. The number of rotatable bonds is 6. The summed E-state index contributed by atoms with van der Waals surface area (Å²) in [5, 5.41) is 0. The van der Waals surface area contributed by atoms with Gasteiger partial charge >= 0.3 is 0 Å². The summed E-state index contributed by atoms with van der Waals surface area (Å²) in [7, 11) is 0. The molecule has 0 unspecified atom stereocenters. The lowest BCUT2D eigenvalue weighted by molar-refractivity contribution is 0.303. The maximum Gasteiger partial charge on any atom is 0.119 e. The molecule has 0 saturated carbocycles. The third kappa shape index (κ3) is 4.53. The second-order valence-electron chi connectivity index (χ2n) is 3.25. The van der Waals surface area contributed by atoms with E-state index < -0.39 is 0 Å². The highest BCUT2D eigenvalue weighted by atomic mass is 32.1. The molecule has 3 heteroatoms.